The lowest BCUT2D eigenvalue weighted by Crippen LogP contribution is -2.36. The summed E-state index contributed by atoms with van der Waals surface area (Å²) in [5, 5.41) is 3.87. The summed E-state index contributed by atoms with van der Waals surface area (Å²) in [6.07, 6.45) is 3.06. The molecule has 0 unspecified atom stereocenters. The molecule has 0 amide bonds. The quantitative estimate of drug-likeness (QED) is 0.645. The van der Waals surface area contributed by atoms with E-state index in [1.807, 2.05) is 6.07 Å². The van der Waals surface area contributed by atoms with Crippen molar-refractivity contribution in [2.45, 2.75) is 6.61 Å². The van der Waals surface area contributed by atoms with Gasteiger partial charge in [0.15, 0.2) is 5.76 Å². The van der Waals surface area contributed by atoms with Gasteiger partial charge in [-0.05, 0) is 24.3 Å². The molecule has 26 heavy (non-hydrogen) atoms. The number of morpholine rings is 1. The van der Waals surface area contributed by atoms with E-state index in [0.717, 1.165) is 18.9 Å². The number of rotatable bonds is 5. The molecule has 134 valence electrons. The number of furan rings is 1. The smallest absolute Gasteiger partial charge is 0.340 e. The van der Waals surface area contributed by atoms with Gasteiger partial charge in [0.2, 0.25) is 5.76 Å². The molecule has 0 bridgehead atoms. The van der Waals surface area contributed by atoms with Crippen molar-refractivity contribution in [1.82, 2.24) is 10.1 Å². The van der Waals surface area contributed by atoms with E-state index in [0.29, 0.717) is 36.0 Å². The third-order valence-electron chi connectivity index (χ3n) is 3.99. The average molecular weight is 355 g/mol. The summed E-state index contributed by atoms with van der Waals surface area (Å²) < 4.78 is 21.0. The molecule has 3 aromatic rings. The van der Waals surface area contributed by atoms with E-state index in [2.05, 4.69) is 15.0 Å². The number of hydrogen-bond acceptors (Lipinski definition) is 8. The molecule has 4 heterocycles. The molecule has 0 radical (unpaired) electrons. The van der Waals surface area contributed by atoms with Crippen LogP contribution in [0.5, 0.6) is 0 Å². The van der Waals surface area contributed by atoms with Crippen molar-refractivity contribution in [3.63, 3.8) is 0 Å². The highest BCUT2D eigenvalue weighted by atomic mass is 16.5. The summed E-state index contributed by atoms with van der Waals surface area (Å²) in [4.78, 5) is 18.6. The maximum atomic E-state index is 12.2. The number of esters is 1. The van der Waals surface area contributed by atoms with Gasteiger partial charge in [0.1, 0.15) is 18.1 Å². The minimum absolute atomic E-state index is 0.00819. The van der Waals surface area contributed by atoms with E-state index >= 15 is 0 Å². The summed E-state index contributed by atoms with van der Waals surface area (Å²) in [5.74, 6) is 1.41. The maximum absolute atomic E-state index is 12.2. The Bertz CT molecular complexity index is 851. The number of anilines is 1. The zero-order chi connectivity index (χ0) is 17.8. The van der Waals surface area contributed by atoms with Crippen molar-refractivity contribution in [2.24, 2.45) is 0 Å². The number of carbonyl (C=O) groups is 1. The van der Waals surface area contributed by atoms with Crippen molar-refractivity contribution in [3.05, 3.63) is 54.0 Å². The van der Waals surface area contributed by atoms with Crippen molar-refractivity contribution < 1.29 is 23.2 Å². The van der Waals surface area contributed by atoms with Gasteiger partial charge in [-0.25, -0.2) is 9.78 Å². The molecule has 0 N–H and O–H groups in total. The first kappa shape index (κ1) is 16.3. The number of pyridine rings is 1. The highest BCUT2D eigenvalue weighted by Crippen LogP contribution is 2.21. The Morgan fingerprint density at radius 1 is 1.19 bits per heavy atom. The second-order valence-electron chi connectivity index (χ2n) is 5.74. The van der Waals surface area contributed by atoms with Crippen LogP contribution in [-0.2, 0) is 16.1 Å². The van der Waals surface area contributed by atoms with E-state index in [1.54, 1.807) is 30.5 Å². The molecule has 0 spiro atoms. The molecule has 0 atom stereocenters. The van der Waals surface area contributed by atoms with E-state index < -0.39 is 5.97 Å². The topological polar surface area (TPSA) is 90.8 Å². The van der Waals surface area contributed by atoms with Gasteiger partial charge < -0.3 is 23.3 Å². The molecule has 0 saturated carbocycles. The van der Waals surface area contributed by atoms with Crippen LogP contribution in [-0.4, -0.2) is 42.4 Å². The largest absolute Gasteiger partial charge is 0.461 e. The summed E-state index contributed by atoms with van der Waals surface area (Å²) in [6.45, 7) is 2.96. The molecule has 8 nitrogen and oxygen atoms in total. The van der Waals surface area contributed by atoms with Crippen LogP contribution >= 0.6 is 0 Å². The molecule has 1 aliphatic rings. The van der Waals surface area contributed by atoms with Gasteiger partial charge in [0.05, 0.1) is 25.0 Å². The molecule has 4 rings (SSSR count). The first-order valence-electron chi connectivity index (χ1n) is 8.25. The SMILES string of the molecule is O=C(OCc1cc(-c2ccco2)on1)c1ccc(N2CCOCC2)nc1. The van der Waals surface area contributed by atoms with Gasteiger partial charge >= 0.3 is 5.97 Å². The first-order valence-corrected chi connectivity index (χ1v) is 8.25. The molecule has 1 saturated heterocycles. The van der Waals surface area contributed by atoms with Crippen LogP contribution in [0.25, 0.3) is 11.5 Å². The van der Waals surface area contributed by atoms with Crippen LogP contribution in [0.4, 0.5) is 5.82 Å². The second kappa shape index (κ2) is 7.40. The minimum Gasteiger partial charge on any atom is -0.461 e. The Labute approximate surface area is 149 Å². The van der Waals surface area contributed by atoms with Gasteiger partial charge in [-0.15, -0.1) is 0 Å². The number of hydrogen-bond donors (Lipinski definition) is 0. The van der Waals surface area contributed by atoms with Crippen LogP contribution in [0.15, 0.2) is 51.7 Å². The highest BCUT2D eigenvalue weighted by Gasteiger charge is 2.15. The Kier molecular flexibility index (Phi) is 4.65. The minimum atomic E-state index is -0.464. The van der Waals surface area contributed by atoms with Crippen molar-refractivity contribution in [2.75, 3.05) is 31.2 Å². The third-order valence-corrected chi connectivity index (χ3v) is 3.99. The Morgan fingerprint density at radius 3 is 2.81 bits per heavy atom. The van der Waals surface area contributed by atoms with Crippen LogP contribution in [0.2, 0.25) is 0 Å². The molecule has 0 aromatic carbocycles. The van der Waals surface area contributed by atoms with Gasteiger partial charge in [-0.1, -0.05) is 5.16 Å². The average Bonchev–Trinajstić information content (AvgIpc) is 3.38. The standard InChI is InChI=1S/C18H17N3O5/c22-18(13-3-4-17(19-11-13)21-5-8-23-9-6-21)25-12-14-10-16(26-20-14)15-2-1-7-24-15/h1-4,7,10-11H,5-6,8-9,12H2. The van der Waals surface area contributed by atoms with E-state index in [1.165, 1.54) is 6.20 Å². The van der Waals surface area contributed by atoms with Gasteiger partial charge in [0, 0.05) is 25.4 Å². The molecule has 1 fully saturated rings. The van der Waals surface area contributed by atoms with E-state index in [9.17, 15) is 4.79 Å². The van der Waals surface area contributed by atoms with Crippen LogP contribution in [0, 0.1) is 0 Å². The lowest BCUT2D eigenvalue weighted by atomic mass is 10.2. The molecule has 3 aromatic heterocycles. The van der Waals surface area contributed by atoms with E-state index in [-0.39, 0.29) is 6.61 Å². The van der Waals surface area contributed by atoms with Crippen LogP contribution in [0.3, 0.4) is 0 Å². The zero-order valence-electron chi connectivity index (χ0n) is 14.0. The van der Waals surface area contributed by atoms with Gasteiger partial charge in [-0.3, -0.25) is 0 Å². The van der Waals surface area contributed by atoms with Crippen molar-refractivity contribution >= 4 is 11.8 Å². The van der Waals surface area contributed by atoms with Crippen LogP contribution < -0.4 is 4.90 Å². The zero-order valence-corrected chi connectivity index (χ0v) is 14.0. The fraction of sp³-hybridized carbons (Fsp3) is 0.278. The fourth-order valence-electron chi connectivity index (χ4n) is 2.62. The van der Waals surface area contributed by atoms with Crippen molar-refractivity contribution in [1.29, 1.82) is 0 Å². The second-order valence-corrected chi connectivity index (χ2v) is 5.74. The summed E-state index contributed by atoms with van der Waals surface area (Å²) in [5.41, 5.74) is 0.888. The maximum Gasteiger partial charge on any atom is 0.340 e. The predicted molar refractivity (Wildman–Crippen MR) is 90.6 cm³/mol. The Balaban J connectivity index is 1.34. The lowest BCUT2D eigenvalue weighted by molar-refractivity contribution is 0.0464. The molecular weight excluding hydrogens is 338 g/mol. The molecule has 1 aliphatic heterocycles. The molecular formula is C18H17N3O5. The predicted octanol–water partition coefficient (Wildman–Crippen LogP) is 2.52. The molecule has 8 heteroatoms. The Hall–Kier alpha value is -3.13. The summed E-state index contributed by atoms with van der Waals surface area (Å²) in [7, 11) is 0. The first-order chi connectivity index (χ1) is 12.8. The van der Waals surface area contributed by atoms with Gasteiger partial charge in [-0.2, -0.15) is 0 Å². The third kappa shape index (κ3) is 3.60. The van der Waals surface area contributed by atoms with E-state index in [4.69, 9.17) is 18.4 Å². The normalized spacial score (nSPS) is 14.4. The number of ether oxygens (including phenoxy) is 2. The number of aromatic nitrogens is 2. The lowest BCUT2D eigenvalue weighted by Gasteiger charge is -2.27. The van der Waals surface area contributed by atoms with Crippen molar-refractivity contribution in [3.8, 4) is 11.5 Å². The summed E-state index contributed by atoms with van der Waals surface area (Å²) in [6, 6.07) is 8.71. The Morgan fingerprint density at radius 2 is 2.08 bits per heavy atom. The van der Waals surface area contributed by atoms with Crippen LogP contribution in [0.1, 0.15) is 16.1 Å². The fourth-order valence-corrected chi connectivity index (χ4v) is 2.62. The monoisotopic (exact) mass is 355 g/mol. The van der Waals surface area contributed by atoms with Gasteiger partial charge in [0.25, 0.3) is 0 Å². The molecule has 0 aliphatic carbocycles. The summed E-state index contributed by atoms with van der Waals surface area (Å²) >= 11 is 0. The highest BCUT2D eigenvalue weighted by molar-refractivity contribution is 5.89. The number of nitrogens with zero attached hydrogens (tertiary/aromatic N) is 3. The number of carbonyl (C=O) groups excluding carboxylic acids is 1.